The van der Waals surface area contributed by atoms with Crippen molar-refractivity contribution >= 4 is 23.5 Å². The lowest BCUT2D eigenvalue weighted by Gasteiger charge is -2.35. The smallest absolute Gasteiger partial charge is 0.303 e. The van der Waals surface area contributed by atoms with Crippen LogP contribution in [0.15, 0.2) is 54.6 Å². The van der Waals surface area contributed by atoms with Gasteiger partial charge in [0.15, 0.2) is 0 Å². The quantitative estimate of drug-likeness (QED) is 0.808. The second kappa shape index (κ2) is 9.37. The summed E-state index contributed by atoms with van der Waals surface area (Å²) in [4.78, 5) is 40.3. The molecule has 0 saturated carbocycles. The van der Waals surface area contributed by atoms with E-state index in [0.717, 1.165) is 24.9 Å². The number of aliphatic carboxylic acids is 1. The van der Waals surface area contributed by atoms with Crippen molar-refractivity contribution in [3.05, 3.63) is 65.7 Å². The molecule has 1 N–H and O–H groups in total. The number of hydrogen-bond donors (Lipinski definition) is 1. The van der Waals surface area contributed by atoms with Gasteiger partial charge in [-0.25, -0.2) is 0 Å². The molecule has 2 aromatic rings. The lowest BCUT2D eigenvalue weighted by atomic mass is 9.96. The highest BCUT2D eigenvalue weighted by atomic mass is 16.4. The Bertz CT molecular complexity index is 881. The second-order valence-corrected chi connectivity index (χ2v) is 7.36. The highest BCUT2D eigenvalue weighted by molar-refractivity contribution is 6.07. The average Bonchev–Trinajstić information content (AvgIpc) is 2.77. The first-order valence-corrected chi connectivity index (χ1v) is 9.93. The van der Waals surface area contributed by atoms with Crippen LogP contribution in [0.3, 0.4) is 0 Å². The van der Waals surface area contributed by atoms with Crippen LogP contribution in [0.4, 0.5) is 5.69 Å². The van der Waals surface area contributed by atoms with Gasteiger partial charge in [-0.15, -0.1) is 0 Å². The van der Waals surface area contributed by atoms with Gasteiger partial charge >= 0.3 is 5.97 Å². The number of carboxylic acid groups (broad SMARTS) is 1. The summed E-state index contributed by atoms with van der Waals surface area (Å²) < 4.78 is 0. The van der Waals surface area contributed by atoms with Crippen molar-refractivity contribution in [2.24, 2.45) is 0 Å². The minimum absolute atomic E-state index is 0.0504. The number of carbonyl (C=O) groups is 3. The molecule has 1 saturated heterocycles. The molecular formula is C23H26N2O4. The zero-order chi connectivity index (χ0) is 20.8. The number of likely N-dealkylation sites (tertiary alicyclic amines) is 1. The number of hydrogen-bond acceptors (Lipinski definition) is 3. The van der Waals surface area contributed by atoms with Gasteiger partial charge in [0.1, 0.15) is 0 Å². The number of nitrogens with zero attached hydrogens (tertiary/aromatic N) is 2. The molecule has 1 unspecified atom stereocenters. The number of anilines is 1. The summed E-state index contributed by atoms with van der Waals surface area (Å²) in [7, 11) is 1.71. The fourth-order valence-electron chi connectivity index (χ4n) is 3.77. The molecule has 0 spiro atoms. The predicted octanol–water partition coefficient (Wildman–Crippen LogP) is 3.82. The first-order chi connectivity index (χ1) is 14.0. The van der Waals surface area contributed by atoms with Crippen LogP contribution < -0.4 is 4.90 Å². The molecule has 2 aromatic carbocycles. The van der Waals surface area contributed by atoms with Gasteiger partial charge in [0, 0.05) is 42.9 Å². The SMILES string of the molecule is CN(C(=O)c1cccc(C(=O)N2CCCCC2CCC(=O)O)c1)c1ccccc1. The Kier molecular flexibility index (Phi) is 6.65. The molecule has 6 heteroatoms. The maximum atomic E-state index is 13.1. The van der Waals surface area contributed by atoms with E-state index in [1.165, 1.54) is 0 Å². The normalized spacial score (nSPS) is 16.3. The average molecular weight is 394 g/mol. The molecule has 1 atom stereocenters. The minimum Gasteiger partial charge on any atom is -0.481 e. The third kappa shape index (κ3) is 5.02. The summed E-state index contributed by atoms with van der Waals surface area (Å²) in [6, 6.07) is 16.0. The van der Waals surface area contributed by atoms with Gasteiger partial charge in [0.05, 0.1) is 0 Å². The summed E-state index contributed by atoms with van der Waals surface area (Å²) >= 11 is 0. The number of carboxylic acids is 1. The van der Waals surface area contributed by atoms with Gasteiger partial charge < -0.3 is 14.9 Å². The van der Waals surface area contributed by atoms with E-state index in [1.807, 2.05) is 30.3 Å². The zero-order valence-electron chi connectivity index (χ0n) is 16.6. The van der Waals surface area contributed by atoms with Crippen LogP contribution in [0, 0.1) is 0 Å². The third-order valence-corrected chi connectivity index (χ3v) is 5.38. The Morgan fingerprint density at radius 2 is 1.76 bits per heavy atom. The van der Waals surface area contributed by atoms with Crippen LogP contribution in [0.25, 0.3) is 0 Å². The number of carbonyl (C=O) groups excluding carboxylic acids is 2. The largest absolute Gasteiger partial charge is 0.481 e. The zero-order valence-corrected chi connectivity index (χ0v) is 16.6. The lowest BCUT2D eigenvalue weighted by molar-refractivity contribution is -0.137. The summed E-state index contributed by atoms with van der Waals surface area (Å²) in [5, 5.41) is 8.98. The number of amides is 2. The van der Waals surface area contributed by atoms with Crippen molar-refractivity contribution in [2.45, 2.75) is 38.1 Å². The van der Waals surface area contributed by atoms with Crippen LogP contribution >= 0.6 is 0 Å². The molecule has 6 nitrogen and oxygen atoms in total. The number of rotatable bonds is 6. The van der Waals surface area contributed by atoms with Crippen molar-refractivity contribution < 1.29 is 19.5 Å². The van der Waals surface area contributed by atoms with E-state index in [-0.39, 0.29) is 24.3 Å². The van der Waals surface area contributed by atoms with Gasteiger partial charge in [-0.1, -0.05) is 24.3 Å². The minimum atomic E-state index is -0.848. The Morgan fingerprint density at radius 1 is 1.03 bits per heavy atom. The molecule has 1 fully saturated rings. The topological polar surface area (TPSA) is 77.9 Å². The summed E-state index contributed by atoms with van der Waals surface area (Å²) in [6.07, 6.45) is 3.22. The molecule has 2 amide bonds. The van der Waals surface area contributed by atoms with E-state index < -0.39 is 5.97 Å². The van der Waals surface area contributed by atoms with E-state index in [4.69, 9.17) is 5.11 Å². The van der Waals surface area contributed by atoms with Crippen molar-refractivity contribution in [2.75, 3.05) is 18.5 Å². The molecule has 1 heterocycles. The van der Waals surface area contributed by atoms with E-state index in [9.17, 15) is 14.4 Å². The fourth-order valence-corrected chi connectivity index (χ4v) is 3.77. The van der Waals surface area contributed by atoms with Crippen molar-refractivity contribution in [1.29, 1.82) is 0 Å². The van der Waals surface area contributed by atoms with Crippen LogP contribution in [-0.2, 0) is 4.79 Å². The van der Waals surface area contributed by atoms with Crippen LogP contribution in [0.5, 0.6) is 0 Å². The molecular weight excluding hydrogens is 368 g/mol. The first kappa shape index (κ1) is 20.6. The molecule has 29 heavy (non-hydrogen) atoms. The Balaban J connectivity index is 1.78. The van der Waals surface area contributed by atoms with Gasteiger partial charge in [-0.3, -0.25) is 14.4 Å². The van der Waals surface area contributed by atoms with Gasteiger partial charge in [0.25, 0.3) is 11.8 Å². The number of para-hydroxylation sites is 1. The maximum absolute atomic E-state index is 13.1. The highest BCUT2D eigenvalue weighted by Crippen LogP contribution is 2.24. The molecule has 0 bridgehead atoms. The van der Waals surface area contributed by atoms with Crippen molar-refractivity contribution in [3.63, 3.8) is 0 Å². The Hall–Kier alpha value is -3.15. The van der Waals surface area contributed by atoms with E-state index in [0.29, 0.717) is 24.1 Å². The van der Waals surface area contributed by atoms with Crippen molar-refractivity contribution in [3.8, 4) is 0 Å². The molecule has 3 rings (SSSR count). The molecule has 0 radical (unpaired) electrons. The molecule has 1 aliphatic heterocycles. The third-order valence-electron chi connectivity index (χ3n) is 5.38. The van der Waals surface area contributed by atoms with E-state index in [1.54, 1.807) is 41.1 Å². The monoisotopic (exact) mass is 394 g/mol. The fraction of sp³-hybridized carbons (Fsp3) is 0.348. The number of piperidine rings is 1. The van der Waals surface area contributed by atoms with E-state index >= 15 is 0 Å². The first-order valence-electron chi connectivity index (χ1n) is 9.93. The highest BCUT2D eigenvalue weighted by Gasteiger charge is 2.28. The second-order valence-electron chi connectivity index (χ2n) is 7.36. The summed E-state index contributed by atoms with van der Waals surface area (Å²) in [6.45, 7) is 0.616. The summed E-state index contributed by atoms with van der Waals surface area (Å²) in [5.41, 5.74) is 1.68. The molecule has 152 valence electrons. The molecule has 0 aromatic heterocycles. The van der Waals surface area contributed by atoms with Crippen molar-refractivity contribution in [1.82, 2.24) is 4.90 Å². The van der Waals surface area contributed by atoms with Crippen LogP contribution in [0.1, 0.15) is 52.8 Å². The molecule has 1 aliphatic rings. The van der Waals surface area contributed by atoms with Gasteiger partial charge in [0.2, 0.25) is 0 Å². The number of benzene rings is 2. The Morgan fingerprint density at radius 3 is 2.48 bits per heavy atom. The Labute approximate surface area is 170 Å². The van der Waals surface area contributed by atoms with Crippen LogP contribution in [-0.4, -0.2) is 47.4 Å². The maximum Gasteiger partial charge on any atom is 0.303 e. The molecule has 0 aliphatic carbocycles. The summed E-state index contributed by atoms with van der Waals surface area (Å²) in [5.74, 6) is -1.18. The lowest BCUT2D eigenvalue weighted by Crippen LogP contribution is -2.44. The van der Waals surface area contributed by atoms with Crippen LogP contribution in [0.2, 0.25) is 0 Å². The van der Waals surface area contributed by atoms with Gasteiger partial charge in [-0.05, 0) is 56.0 Å². The van der Waals surface area contributed by atoms with Gasteiger partial charge in [-0.2, -0.15) is 0 Å². The van der Waals surface area contributed by atoms with E-state index in [2.05, 4.69) is 0 Å². The predicted molar refractivity (Wildman–Crippen MR) is 111 cm³/mol. The standard InChI is InChI=1S/C23H26N2O4/c1-24(19-10-3-2-4-11-19)22(28)17-8-7-9-18(16-17)23(29)25-15-6-5-12-20(25)13-14-21(26)27/h2-4,7-11,16,20H,5-6,12-15H2,1H3,(H,26,27).